The van der Waals surface area contributed by atoms with E-state index in [1.807, 2.05) is 0 Å². The van der Waals surface area contributed by atoms with Gasteiger partial charge >= 0.3 is 0 Å². The fraction of sp³-hybridized carbons (Fsp3) is 0.929. The molecule has 0 aromatic carbocycles. The Morgan fingerprint density at radius 3 is 2.20 bits per heavy atom. The third kappa shape index (κ3) is 1.46. The molecule has 85 valence electrons. The average molecular weight is 207 g/mol. The topological polar surface area (TPSA) is 20.2 Å². The van der Waals surface area contributed by atoms with Crippen LogP contribution in [0.1, 0.15) is 51.4 Å². The molecule has 1 N–H and O–H groups in total. The highest BCUT2D eigenvalue weighted by Crippen LogP contribution is 2.67. The minimum Gasteiger partial charge on any atom is -0.396 e. The fourth-order valence-corrected chi connectivity index (χ4v) is 5.47. The summed E-state index contributed by atoms with van der Waals surface area (Å²) in [5, 5.41) is 9.27. The van der Waals surface area contributed by atoms with Crippen molar-refractivity contribution in [3.8, 4) is 0 Å². The van der Waals surface area contributed by atoms with Crippen LogP contribution in [0.5, 0.6) is 0 Å². The molecule has 4 aliphatic carbocycles. The van der Waals surface area contributed by atoms with E-state index in [9.17, 15) is 5.11 Å². The van der Waals surface area contributed by atoms with Gasteiger partial charge in [-0.25, -0.2) is 0 Å². The van der Waals surface area contributed by atoms with Crippen LogP contribution in [0.4, 0.5) is 0 Å². The molecule has 4 rings (SSSR count). The van der Waals surface area contributed by atoms with Crippen molar-refractivity contribution in [1.29, 1.82) is 0 Å². The molecular weight excluding hydrogens is 184 g/mol. The number of hydrogen-bond acceptors (Lipinski definition) is 1. The van der Waals surface area contributed by atoms with Crippen LogP contribution < -0.4 is 0 Å². The lowest BCUT2D eigenvalue weighted by molar-refractivity contribution is -0.116. The Kier molecular flexibility index (Phi) is 2.18. The second-order valence-corrected chi connectivity index (χ2v) is 6.68. The minimum atomic E-state index is 0.395. The van der Waals surface area contributed by atoms with Gasteiger partial charge in [-0.15, -0.1) is 0 Å². The van der Waals surface area contributed by atoms with Crippen LogP contribution in [0.2, 0.25) is 0 Å². The third-order valence-corrected chi connectivity index (χ3v) is 5.48. The first-order valence-corrected chi connectivity index (χ1v) is 6.59. The van der Waals surface area contributed by atoms with E-state index in [0.717, 1.165) is 24.7 Å². The second kappa shape index (κ2) is 3.23. The molecule has 1 heteroatoms. The van der Waals surface area contributed by atoms with Crippen LogP contribution in [0, 0.1) is 29.6 Å². The molecule has 0 saturated heterocycles. The smallest absolute Gasteiger partial charge is 0.0436 e. The largest absolute Gasteiger partial charge is 0.396 e. The van der Waals surface area contributed by atoms with E-state index >= 15 is 0 Å². The van der Waals surface area contributed by atoms with E-state index in [2.05, 4.69) is 6.92 Å². The van der Waals surface area contributed by atoms with Gasteiger partial charge in [0.1, 0.15) is 0 Å². The monoisotopic (exact) mass is 207 g/mol. The number of aliphatic hydroxyl groups is 1. The van der Waals surface area contributed by atoms with Crippen LogP contribution in [0.3, 0.4) is 0 Å². The highest BCUT2D eigenvalue weighted by atomic mass is 16.3. The van der Waals surface area contributed by atoms with Crippen molar-refractivity contribution in [3.63, 3.8) is 0 Å². The Hall–Kier alpha value is -0.0400. The van der Waals surface area contributed by atoms with Gasteiger partial charge in [0.25, 0.3) is 0 Å². The molecule has 2 atom stereocenters. The minimum absolute atomic E-state index is 0.395. The average Bonchev–Trinajstić information content (AvgIpc) is 2.15. The standard InChI is InChI=1S/C14H23O/c1-2-13-6-11-5-12(7-13)9-14(8-11,10-13)3-4-15/h11-12,15H,1-10H2. The first-order chi connectivity index (χ1) is 7.19. The molecule has 1 radical (unpaired) electrons. The van der Waals surface area contributed by atoms with Crippen LogP contribution >= 0.6 is 0 Å². The number of hydrogen-bond donors (Lipinski definition) is 1. The zero-order valence-electron chi connectivity index (χ0n) is 9.67. The second-order valence-electron chi connectivity index (χ2n) is 6.68. The Labute approximate surface area is 93.3 Å². The summed E-state index contributed by atoms with van der Waals surface area (Å²) >= 11 is 0. The quantitative estimate of drug-likeness (QED) is 0.753. The lowest BCUT2D eigenvalue weighted by atomic mass is 9.43. The summed E-state index contributed by atoms with van der Waals surface area (Å²) in [5.41, 5.74) is 1.11. The number of aliphatic hydroxyl groups excluding tert-OH is 1. The van der Waals surface area contributed by atoms with Crippen molar-refractivity contribution in [2.75, 3.05) is 6.61 Å². The predicted octanol–water partition coefficient (Wildman–Crippen LogP) is 3.18. The van der Waals surface area contributed by atoms with Gasteiger partial charge in [0.15, 0.2) is 0 Å². The molecule has 4 fully saturated rings. The van der Waals surface area contributed by atoms with E-state index < -0.39 is 0 Å². The van der Waals surface area contributed by atoms with Gasteiger partial charge in [0, 0.05) is 6.61 Å². The van der Waals surface area contributed by atoms with Gasteiger partial charge in [-0.05, 0) is 74.0 Å². The molecule has 4 bridgehead atoms. The summed E-state index contributed by atoms with van der Waals surface area (Å²) in [4.78, 5) is 0. The van der Waals surface area contributed by atoms with Gasteiger partial charge in [0.2, 0.25) is 0 Å². The van der Waals surface area contributed by atoms with Gasteiger partial charge < -0.3 is 5.11 Å². The normalized spacial score (nSPS) is 52.4. The van der Waals surface area contributed by atoms with Crippen LogP contribution in [0.15, 0.2) is 0 Å². The Morgan fingerprint density at radius 2 is 1.67 bits per heavy atom. The summed E-state index contributed by atoms with van der Waals surface area (Å²) in [7, 11) is 0. The lowest BCUT2D eigenvalue weighted by Crippen LogP contribution is -2.51. The Balaban J connectivity index is 1.88. The molecule has 4 saturated carbocycles. The van der Waals surface area contributed by atoms with Gasteiger partial charge in [-0.2, -0.15) is 0 Å². The SMILES string of the molecule is [CH2]CC12CC3CC(C1)CC(CCO)(C3)C2. The summed E-state index contributed by atoms with van der Waals surface area (Å²) in [5.74, 6) is 1.94. The molecule has 1 nitrogen and oxygen atoms in total. The van der Waals surface area contributed by atoms with Crippen LogP contribution in [0.25, 0.3) is 0 Å². The summed E-state index contributed by atoms with van der Waals surface area (Å²) in [6.45, 7) is 4.60. The molecular formula is C14H23O. The first-order valence-electron chi connectivity index (χ1n) is 6.59. The summed E-state index contributed by atoms with van der Waals surface area (Å²) in [6.07, 6.45) is 10.7. The zero-order valence-corrected chi connectivity index (χ0v) is 9.67. The molecule has 0 aromatic rings. The first kappa shape index (κ1) is 10.1. The molecule has 15 heavy (non-hydrogen) atoms. The third-order valence-electron chi connectivity index (χ3n) is 5.48. The predicted molar refractivity (Wildman–Crippen MR) is 61.2 cm³/mol. The molecule has 0 aromatic heterocycles. The van der Waals surface area contributed by atoms with Gasteiger partial charge in [0.05, 0.1) is 0 Å². The van der Waals surface area contributed by atoms with Gasteiger partial charge in [-0.1, -0.05) is 6.92 Å². The highest BCUT2D eigenvalue weighted by molar-refractivity contribution is 5.07. The van der Waals surface area contributed by atoms with Crippen molar-refractivity contribution in [2.24, 2.45) is 22.7 Å². The van der Waals surface area contributed by atoms with Gasteiger partial charge in [-0.3, -0.25) is 0 Å². The van der Waals surface area contributed by atoms with Crippen molar-refractivity contribution in [3.05, 3.63) is 6.92 Å². The van der Waals surface area contributed by atoms with Crippen molar-refractivity contribution in [1.82, 2.24) is 0 Å². The molecule has 0 spiro atoms. The van der Waals surface area contributed by atoms with E-state index in [4.69, 9.17) is 0 Å². The van der Waals surface area contributed by atoms with Crippen LogP contribution in [-0.2, 0) is 0 Å². The fourth-order valence-electron chi connectivity index (χ4n) is 5.47. The van der Waals surface area contributed by atoms with E-state index in [1.165, 1.54) is 38.5 Å². The molecule has 4 aliphatic rings. The van der Waals surface area contributed by atoms with E-state index in [0.29, 0.717) is 17.4 Å². The maximum Gasteiger partial charge on any atom is 0.0436 e. The number of rotatable bonds is 3. The zero-order chi connectivity index (χ0) is 10.5. The maximum absolute atomic E-state index is 9.27. The summed E-state index contributed by atoms with van der Waals surface area (Å²) < 4.78 is 0. The van der Waals surface area contributed by atoms with Crippen molar-refractivity contribution < 1.29 is 5.11 Å². The Morgan fingerprint density at radius 1 is 1.07 bits per heavy atom. The lowest BCUT2D eigenvalue weighted by Gasteiger charge is -2.62. The van der Waals surface area contributed by atoms with E-state index in [-0.39, 0.29) is 0 Å². The van der Waals surface area contributed by atoms with Crippen molar-refractivity contribution in [2.45, 2.75) is 51.4 Å². The van der Waals surface area contributed by atoms with Crippen LogP contribution in [-0.4, -0.2) is 11.7 Å². The Bertz CT molecular complexity index is 244. The highest BCUT2D eigenvalue weighted by Gasteiger charge is 2.56. The molecule has 0 aliphatic heterocycles. The maximum atomic E-state index is 9.27. The molecule has 2 unspecified atom stereocenters. The molecule has 0 amide bonds. The summed E-state index contributed by atoms with van der Waals surface area (Å²) in [6, 6.07) is 0. The van der Waals surface area contributed by atoms with E-state index in [1.54, 1.807) is 0 Å². The van der Waals surface area contributed by atoms with Crippen molar-refractivity contribution >= 4 is 0 Å². The molecule has 0 heterocycles.